The first-order valence-corrected chi connectivity index (χ1v) is 7.34. The second kappa shape index (κ2) is 10.7. The Balaban J connectivity index is 0.00000154. The Morgan fingerprint density at radius 2 is 1.74 bits per heavy atom. The molecule has 0 aliphatic rings. The van der Waals surface area contributed by atoms with Crippen molar-refractivity contribution in [3.8, 4) is 0 Å². The molecular formula is C17H29NO. The van der Waals surface area contributed by atoms with Gasteiger partial charge in [-0.15, -0.1) is 0 Å². The van der Waals surface area contributed by atoms with Crippen LogP contribution >= 0.6 is 0 Å². The van der Waals surface area contributed by atoms with Gasteiger partial charge in [-0.05, 0) is 25.6 Å². The maximum Gasteiger partial charge on any atom is 0.135 e. The lowest BCUT2D eigenvalue weighted by Gasteiger charge is -2.16. The van der Waals surface area contributed by atoms with Crippen LogP contribution in [-0.2, 0) is 11.3 Å². The molecule has 0 radical (unpaired) electrons. The van der Waals surface area contributed by atoms with Crippen molar-refractivity contribution in [2.24, 2.45) is 5.92 Å². The Kier molecular flexibility index (Phi) is 10.1. The molecule has 1 aromatic rings. The fourth-order valence-corrected chi connectivity index (χ4v) is 1.79. The van der Waals surface area contributed by atoms with Crippen molar-refractivity contribution < 1.29 is 4.79 Å². The Morgan fingerprint density at radius 1 is 1.16 bits per heavy atom. The largest absolute Gasteiger partial charge is 0.302 e. The Labute approximate surface area is 118 Å². The number of carbonyl (C=O) groups excluding carboxylic acids is 1. The van der Waals surface area contributed by atoms with E-state index in [1.165, 1.54) is 5.56 Å². The summed E-state index contributed by atoms with van der Waals surface area (Å²) in [5.41, 5.74) is 1.32. The summed E-state index contributed by atoms with van der Waals surface area (Å²) in [7, 11) is 2.10. The standard InChI is InChI=1S/C15H23NO.C2H6/c1-13(2)15(17)10-7-11-16(3)12-14-8-5-4-6-9-14;1-2/h4-6,8-9,13H,7,10-12H2,1-3H3;1-2H3. The molecule has 0 aliphatic carbocycles. The first-order chi connectivity index (χ1) is 9.09. The summed E-state index contributed by atoms with van der Waals surface area (Å²) in [6, 6.07) is 10.4. The zero-order chi connectivity index (χ0) is 14.7. The number of hydrogen-bond donors (Lipinski definition) is 0. The third-order valence-corrected chi connectivity index (χ3v) is 2.90. The van der Waals surface area contributed by atoms with Gasteiger partial charge in [0, 0.05) is 18.9 Å². The summed E-state index contributed by atoms with van der Waals surface area (Å²) in [4.78, 5) is 13.7. The number of carbonyl (C=O) groups is 1. The maximum atomic E-state index is 11.5. The lowest BCUT2D eigenvalue weighted by molar-refractivity contribution is -0.122. The molecule has 2 heteroatoms. The van der Waals surface area contributed by atoms with Crippen LogP contribution in [0.15, 0.2) is 30.3 Å². The predicted octanol–water partition coefficient (Wildman–Crippen LogP) is 4.15. The van der Waals surface area contributed by atoms with Crippen molar-refractivity contribution in [1.82, 2.24) is 4.90 Å². The Bertz CT molecular complexity index is 332. The molecule has 0 amide bonds. The van der Waals surface area contributed by atoms with E-state index in [9.17, 15) is 4.79 Å². The van der Waals surface area contributed by atoms with Gasteiger partial charge in [-0.25, -0.2) is 0 Å². The summed E-state index contributed by atoms with van der Waals surface area (Å²) in [6.07, 6.45) is 1.66. The van der Waals surface area contributed by atoms with Crippen LogP contribution in [0.4, 0.5) is 0 Å². The van der Waals surface area contributed by atoms with Gasteiger partial charge >= 0.3 is 0 Å². The number of nitrogens with zero attached hydrogens (tertiary/aromatic N) is 1. The fraction of sp³-hybridized carbons (Fsp3) is 0.588. The van der Waals surface area contributed by atoms with Gasteiger partial charge in [0.1, 0.15) is 5.78 Å². The van der Waals surface area contributed by atoms with Crippen LogP contribution in [0.5, 0.6) is 0 Å². The summed E-state index contributed by atoms with van der Waals surface area (Å²) in [5.74, 6) is 0.549. The number of ketones is 1. The van der Waals surface area contributed by atoms with Crippen molar-refractivity contribution in [3.63, 3.8) is 0 Å². The number of hydrogen-bond acceptors (Lipinski definition) is 2. The average molecular weight is 263 g/mol. The van der Waals surface area contributed by atoms with Crippen LogP contribution in [0.2, 0.25) is 0 Å². The molecule has 0 atom stereocenters. The molecule has 0 aromatic heterocycles. The molecule has 19 heavy (non-hydrogen) atoms. The highest BCUT2D eigenvalue weighted by atomic mass is 16.1. The average Bonchev–Trinajstić information content (AvgIpc) is 2.42. The molecule has 0 heterocycles. The van der Waals surface area contributed by atoms with Gasteiger partial charge in [0.25, 0.3) is 0 Å². The molecule has 108 valence electrons. The lowest BCUT2D eigenvalue weighted by atomic mass is 10.0. The smallest absolute Gasteiger partial charge is 0.135 e. The van der Waals surface area contributed by atoms with Crippen molar-refractivity contribution in [1.29, 1.82) is 0 Å². The minimum Gasteiger partial charge on any atom is -0.302 e. The van der Waals surface area contributed by atoms with Crippen molar-refractivity contribution in [2.45, 2.75) is 47.1 Å². The monoisotopic (exact) mass is 263 g/mol. The van der Waals surface area contributed by atoms with Crippen LogP contribution < -0.4 is 0 Å². The van der Waals surface area contributed by atoms with Crippen molar-refractivity contribution >= 4 is 5.78 Å². The number of benzene rings is 1. The van der Waals surface area contributed by atoms with E-state index in [0.717, 1.165) is 19.5 Å². The van der Waals surface area contributed by atoms with Gasteiger partial charge in [-0.1, -0.05) is 58.0 Å². The van der Waals surface area contributed by atoms with E-state index in [1.807, 2.05) is 33.8 Å². The maximum absolute atomic E-state index is 11.5. The van der Waals surface area contributed by atoms with E-state index in [0.29, 0.717) is 12.2 Å². The first-order valence-electron chi connectivity index (χ1n) is 7.34. The molecule has 0 N–H and O–H groups in total. The minimum atomic E-state index is 0.175. The molecule has 0 aliphatic heterocycles. The van der Waals surface area contributed by atoms with Gasteiger partial charge in [0.2, 0.25) is 0 Å². The molecule has 1 aromatic carbocycles. The summed E-state index contributed by atoms with van der Waals surface area (Å²) >= 11 is 0. The first kappa shape index (κ1) is 17.8. The molecule has 0 saturated carbocycles. The predicted molar refractivity (Wildman–Crippen MR) is 83.2 cm³/mol. The van der Waals surface area contributed by atoms with Crippen LogP contribution in [0.25, 0.3) is 0 Å². The van der Waals surface area contributed by atoms with Crippen LogP contribution in [0.3, 0.4) is 0 Å². The highest BCUT2D eigenvalue weighted by Crippen LogP contribution is 2.06. The Hall–Kier alpha value is -1.15. The van der Waals surface area contributed by atoms with E-state index in [1.54, 1.807) is 0 Å². The van der Waals surface area contributed by atoms with Gasteiger partial charge in [0.15, 0.2) is 0 Å². The van der Waals surface area contributed by atoms with E-state index < -0.39 is 0 Å². The molecule has 0 bridgehead atoms. The van der Waals surface area contributed by atoms with Gasteiger partial charge in [-0.3, -0.25) is 4.79 Å². The quantitative estimate of drug-likeness (QED) is 0.736. The van der Waals surface area contributed by atoms with E-state index in [-0.39, 0.29) is 5.92 Å². The van der Waals surface area contributed by atoms with Crippen LogP contribution in [-0.4, -0.2) is 24.3 Å². The minimum absolute atomic E-state index is 0.175. The van der Waals surface area contributed by atoms with Gasteiger partial charge in [-0.2, -0.15) is 0 Å². The topological polar surface area (TPSA) is 20.3 Å². The molecular weight excluding hydrogens is 234 g/mol. The molecule has 0 saturated heterocycles. The zero-order valence-electron chi connectivity index (χ0n) is 13.1. The molecule has 0 spiro atoms. The SMILES string of the molecule is CC.CC(C)C(=O)CCCN(C)Cc1ccccc1. The number of rotatable bonds is 7. The second-order valence-corrected chi connectivity index (χ2v) is 4.95. The molecule has 0 fully saturated rings. The summed E-state index contributed by atoms with van der Waals surface area (Å²) in [6.45, 7) is 9.87. The highest BCUT2D eigenvalue weighted by molar-refractivity contribution is 5.80. The normalized spacial score (nSPS) is 10.3. The van der Waals surface area contributed by atoms with Crippen molar-refractivity contribution in [2.75, 3.05) is 13.6 Å². The third-order valence-electron chi connectivity index (χ3n) is 2.90. The lowest BCUT2D eigenvalue weighted by Crippen LogP contribution is -2.20. The fourth-order valence-electron chi connectivity index (χ4n) is 1.79. The number of Topliss-reactive ketones (excluding diaryl/α,β-unsaturated/α-hetero) is 1. The highest BCUT2D eigenvalue weighted by Gasteiger charge is 2.07. The Morgan fingerprint density at radius 3 is 2.26 bits per heavy atom. The third kappa shape index (κ3) is 8.55. The summed E-state index contributed by atoms with van der Waals surface area (Å²) in [5, 5.41) is 0. The molecule has 2 nitrogen and oxygen atoms in total. The van der Waals surface area contributed by atoms with E-state index in [2.05, 4.69) is 36.2 Å². The van der Waals surface area contributed by atoms with E-state index in [4.69, 9.17) is 0 Å². The van der Waals surface area contributed by atoms with Crippen LogP contribution in [0, 0.1) is 5.92 Å². The van der Waals surface area contributed by atoms with Gasteiger partial charge < -0.3 is 4.90 Å². The summed E-state index contributed by atoms with van der Waals surface area (Å²) < 4.78 is 0. The molecule has 0 unspecified atom stereocenters. The second-order valence-electron chi connectivity index (χ2n) is 4.95. The van der Waals surface area contributed by atoms with Gasteiger partial charge in [0.05, 0.1) is 0 Å². The zero-order valence-corrected chi connectivity index (χ0v) is 13.1. The molecule has 1 rings (SSSR count). The van der Waals surface area contributed by atoms with Crippen molar-refractivity contribution in [3.05, 3.63) is 35.9 Å². The van der Waals surface area contributed by atoms with E-state index >= 15 is 0 Å². The van der Waals surface area contributed by atoms with Crippen LogP contribution in [0.1, 0.15) is 46.1 Å².